The molecule has 0 radical (unpaired) electrons. The van der Waals surface area contributed by atoms with Gasteiger partial charge in [-0.25, -0.2) is 4.98 Å². The van der Waals surface area contributed by atoms with Crippen molar-refractivity contribution in [3.05, 3.63) is 30.1 Å². The molecule has 25 heavy (non-hydrogen) atoms. The van der Waals surface area contributed by atoms with Crippen LogP contribution in [-0.2, 0) is 6.54 Å². The Morgan fingerprint density at radius 3 is 2.52 bits per heavy atom. The standard InChI is InChI=1S/C18H28N6O/c1-5-13(6-2)11-20-18(19-3)21-12-16-22-17(24-23-16)14-7-9-15(25-4)10-8-14/h7-10,13H,5-6,11-12H2,1-4H3,(H2,19,20,21)(H,22,23,24). The number of ether oxygens (including phenoxy) is 1. The van der Waals surface area contributed by atoms with Gasteiger partial charge >= 0.3 is 0 Å². The minimum Gasteiger partial charge on any atom is -0.497 e. The maximum absolute atomic E-state index is 5.16. The van der Waals surface area contributed by atoms with Crippen LogP contribution in [0.15, 0.2) is 29.3 Å². The summed E-state index contributed by atoms with van der Waals surface area (Å²) in [5.41, 5.74) is 0.944. The lowest BCUT2D eigenvalue weighted by atomic mass is 10.0. The van der Waals surface area contributed by atoms with Gasteiger partial charge in [-0.3, -0.25) is 10.1 Å². The van der Waals surface area contributed by atoms with Gasteiger partial charge < -0.3 is 15.4 Å². The quantitative estimate of drug-likeness (QED) is 0.506. The van der Waals surface area contributed by atoms with E-state index >= 15 is 0 Å². The van der Waals surface area contributed by atoms with Crippen LogP contribution in [0.5, 0.6) is 5.75 Å². The number of aromatic amines is 1. The summed E-state index contributed by atoms with van der Waals surface area (Å²) in [6.45, 7) is 5.87. The molecule has 1 aromatic heterocycles. The van der Waals surface area contributed by atoms with Crippen LogP contribution in [0, 0.1) is 5.92 Å². The van der Waals surface area contributed by atoms with Gasteiger partial charge in [0, 0.05) is 19.2 Å². The first-order valence-electron chi connectivity index (χ1n) is 8.70. The van der Waals surface area contributed by atoms with Crippen LogP contribution in [-0.4, -0.2) is 41.8 Å². The molecule has 2 rings (SSSR count). The van der Waals surface area contributed by atoms with Crippen molar-refractivity contribution in [1.29, 1.82) is 0 Å². The minimum absolute atomic E-state index is 0.533. The summed E-state index contributed by atoms with van der Waals surface area (Å²) < 4.78 is 5.16. The van der Waals surface area contributed by atoms with E-state index in [1.807, 2.05) is 24.3 Å². The number of aliphatic imine (C=N–C) groups is 1. The fourth-order valence-electron chi connectivity index (χ4n) is 2.45. The number of hydrogen-bond acceptors (Lipinski definition) is 4. The average Bonchev–Trinajstić information content (AvgIpc) is 3.14. The zero-order chi connectivity index (χ0) is 18.1. The first-order valence-corrected chi connectivity index (χ1v) is 8.70. The molecule has 0 aliphatic carbocycles. The lowest BCUT2D eigenvalue weighted by Gasteiger charge is -2.16. The summed E-state index contributed by atoms with van der Waals surface area (Å²) in [6, 6.07) is 7.67. The van der Waals surface area contributed by atoms with Gasteiger partial charge in [0.1, 0.15) is 11.6 Å². The highest BCUT2D eigenvalue weighted by molar-refractivity contribution is 5.79. The zero-order valence-electron chi connectivity index (χ0n) is 15.5. The van der Waals surface area contributed by atoms with Crippen LogP contribution in [0.1, 0.15) is 32.5 Å². The fraction of sp³-hybridized carbons (Fsp3) is 0.500. The van der Waals surface area contributed by atoms with Crippen molar-refractivity contribution < 1.29 is 4.74 Å². The number of benzene rings is 1. The third kappa shape index (κ3) is 5.48. The molecule has 0 unspecified atom stereocenters. The van der Waals surface area contributed by atoms with Gasteiger partial charge in [0.2, 0.25) is 0 Å². The third-order valence-corrected chi connectivity index (χ3v) is 4.24. The molecule has 0 aliphatic rings. The highest BCUT2D eigenvalue weighted by Crippen LogP contribution is 2.18. The topological polar surface area (TPSA) is 87.2 Å². The molecule has 0 atom stereocenters. The lowest BCUT2D eigenvalue weighted by Crippen LogP contribution is -2.39. The number of hydrogen-bond donors (Lipinski definition) is 3. The van der Waals surface area contributed by atoms with E-state index in [-0.39, 0.29) is 0 Å². The Morgan fingerprint density at radius 1 is 1.20 bits per heavy atom. The van der Waals surface area contributed by atoms with Gasteiger partial charge in [0.15, 0.2) is 11.8 Å². The van der Waals surface area contributed by atoms with Gasteiger partial charge in [-0.05, 0) is 30.2 Å². The molecule has 2 aromatic rings. The first kappa shape index (κ1) is 18.8. The Labute approximate surface area is 149 Å². The summed E-state index contributed by atoms with van der Waals surface area (Å²) in [6.07, 6.45) is 2.32. The van der Waals surface area contributed by atoms with E-state index in [0.717, 1.165) is 42.5 Å². The molecule has 1 heterocycles. The molecule has 0 spiro atoms. The van der Waals surface area contributed by atoms with Crippen molar-refractivity contribution in [2.45, 2.75) is 33.2 Å². The Balaban J connectivity index is 1.89. The van der Waals surface area contributed by atoms with Crippen molar-refractivity contribution in [2.75, 3.05) is 20.7 Å². The molecule has 0 aliphatic heterocycles. The molecule has 136 valence electrons. The van der Waals surface area contributed by atoms with Crippen LogP contribution in [0.4, 0.5) is 0 Å². The molecule has 7 heteroatoms. The molecular formula is C18H28N6O. The smallest absolute Gasteiger partial charge is 0.191 e. The number of guanidine groups is 1. The maximum atomic E-state index is 5.16. The Morgan fingerprint density at radius 2 is 1.92 bits per heavy atom. The van der Waals surface area contributed by atoms with Crippen LogP contribution < -0.4 is 15.4 Å². The summed E-state index contributed by atoms with van der Waals surface area (Å²) >= 11 is 0. The monoisotopic (exact) mass is 344 g/mol. The van der Waals surface area contributed by atoms with E-state index in [4.69, 9.17) is 4.74 Å². The molecule has 7 nitrogen and oxygen atoms in total. The second-order valence-electron chi connectivity index (χ2n) is 5.82. The summed E-state index contributed by atoms with van der Waals surface area (Å²) in [5.74, 6) is 3.67. The lowest BCUT2D eigenvalue weighted by molar-refractivity contribution is 0.415. The van der Waals surface area contributed by atoms with Crippen molar-refractivity contribution in [2.24, 2.45) is 10.9 Å². The number of nitrogens with one attached hydrogen (secondary N) is 3. The van der Waals surface area contributed by atoms with Crippen molar-refractivity contribution >= 4 is 5.96 Å². The van der Waals surface area contributed by atoms with Gasteiger partial charge in [-0.1, -0.05) is 26.7 Å². The normalized spacial score (nSPS) is 11.6. The van der Waals surface area contributed by atoms with Gasteiger partial charge in [-0.15, -0.1) is 0 Å². The second-order valence-corrected chi connectivity index (χ2v) is 5.82. The van der Waals surface area contributed by atoms with Crippen LogP contribution in [0.2, 0.25) is 0 Å². The summed E-state index contributed by atoms with van der Waals surface area (Å²) in [5, 5.41) is 13.8. The van der Waals surface area contributed by atoms with E-state index in [1.165, 1.54) is 0 Å². The maximum Gasteiger partial charge on any atom is 0.191 e. The number of rotatable bonds is 8. The summed E-state index contributed by atoms with van der Waals surface area (Å²) in [4.78, 5) is 8.76. The van der Waals surface area contributed by atoms with Crippen molar-refractivity contribution in [3.8, 4) is 17.1 Å². The Hall–Kier alpha value is -2.57. The number of H-pyrrole nitrogens is 1. The molecule has 0 fully saturated rings. The van der Waals surface area contributed by atoms with Crippen LogP contribution >= 0.6 is 0 Å². The number of methoxy groups -OCH3 is 1. The van der Waals surface area contributed by atoms with Crippen LogP contribution in [0.25, 0.3) is 11.4 Å². The Bertz CT molecular complexity index is 660. The first-order chi connectivity index (χ1) is 12.2. The number of aromatic nitrogens is 3. The molecule has 0 saturated heterocycles. The zero-order valence-corrected chi connectivity index (χ0v) is 15.5. The molecule has 0 amide bonds. The van der Waals surface area contributed by atoms with E-state index in [1.54, 1.807) is 14.2 Å². The largest absolute Gasteiger partial charge is 0.497 e. The molecule has 0 bridgehead atoms. The summed E-state index contributed by atoms with van der Waals surface area (Å²) in [7, 11) is 3.42. The molecular weight excluding hydrogens is 316 g/mol. The van der Waals surface area contributed by atoms with Crippen molar-refractivity contribution in [3.63, 3.8) is 0 Å². The predicted octanol–water partition coefficient (Wildman–Crippen LogP) is 2.58. The molecule has 1 aromatic carbocycles. The minimum atomic E-state index is 0.533. The highest BCUT2D eigenvalue weighted by atomic mass is 16.5. The van der Waals surface area contributed by atoms with Gasteiger partial charge in [0.05, 0.1) is 13.7 Å². The molecule has 0 saturated carbocycles. The van der Waals surface area contributed by atoms with E-state index in [2.05, 4.69) is 44.7 Å². The van der Waals surface area contributed by atoms with Crippen molar-refractivity contribution in [1.82, 2.24) is 25.8 Å². The third-order valence-electron chi connectivity index (χ3n) is 4.24. The van der Waals surface area contributed by atoms with E-state index in [9.17, 15) is 0 Å². The SMILES string of the molecule is CCC(CC)CNC(=NC)NCc1nc(-c2ccc(OC)cc2)n[nH]1. The fourth-order valence-corrected chi connectivity index (χ4v) is 2.45. The Kier molecular flexibility index (Phi) is 7.25. The highest BCUT2D eigenvalue weighted by Gasteiger charge is 2.08. The van der Waals surface area contributed by atoms with Gasteiger partial charge in [-0.2, -0.15) is 5.10 Å². The van der Waals surface area contributed by atoms with E-state index < -0.39 is 0 Å². The average molecular weight is 344 g/mol. The van der Waals surface area contributed by atoms with E-state index in [0.29, 0.717) is 18.3 Å². The number of nitrogens with zero attached hydrogens (tertiary/aromatic N) is 3. The predicted molar refractivity (Wildman–Crippen MR) is 101 cm³/mol. The van der Waals surface area contributed by atoms with Crippen LogP contribution in [0.3, 0.4) is 0 Å². The molecule has 3 N–H and O–H groups in total. The van der Waals surface area contributed by atoms with Gasteiger partial charge in [0.25, 0.3) is 0 Å². The second kappa shape index (κ2) is 9.66.